The molecule has 1 heterocycles. The lowest BCUT2D eigenvalue weighted by molar-refractivity contribution is -0.384. The van der Waals surface area contributed by atoms with Gasteiger partial charge in [-0.1, -0.05) is 24.3 Å². The van der Waals surface area contributed by atoms with Crippen molar-refractivity contribution in [2.75, 3.05) is 5.75 Å². The maximum absolute atomic E-state index is 10.5. The molecule has 0 radical (unpaired) electrons. The Hall–Kier alpha value is -1.29. The number of allylic oxidation sites excluding steroid dienone is 1. The molecule has 15 heavy (non-hydrogen) atoms. The van der Waals surface area contributed by atoms with Crippen molar-refractivity contribution in [1.29, 1.82) is 0 Å². The number of benzene rings is 1. The molecule has 1 aromatic rings. The Labute approximate surface area is 92.3 Å². The lowest BCUT2D eigenvalue weighted by Crippen LogP contribution is -1.98. The maximum Gasteiger partial charge on any atom is 0.269 e. The molecule has 1 aromatic carbocycles. The molecule has 1 unspecified atom stereocenters. The Kier molecular flexibility index (Phi) is 3.06. The zero-order valence-electron chi connectivity index (χ0n) is 8.13. The highest BCUT2D eigenvalue weighted by molar-refractivity contribution is 7.99. The molecule has 0 aromatic heterocycles. The molecule has 1 aliphatic heterocycles. The van der Waals surface area contributed by atoms with Gasteiger partial charge in [0.25, 0.3) is 5.69 Å². The molecule has 0 saturated carbocycles. The topological polar surface area (TPSA) is 43.1 Å². The van der Waals surface area contributed by atoms with Gasteiger partial charge in [-0.3, -0.25) is 10.1 Å². The van der Waals surface area contributed by atoms with Gasteiger partial charge >= 0.3 is 0 Å². The number of thioether (sulfide) groups is 1. The molecule has 3 nitrogen and oxygen atoms in total. The molecule has 0 aliphatic carbocycles. The SMILES string of the molecule is O=[N+]([O-])c1ccc(C2CC=CCS2)cc1. The molecule has 0 amide bonds. The molecular formula is C11H11NO2S. The highest BCUT2D eigenvalue weighted by Crippen LogP contribution is 2.35. The van der Waals surface area contributed by atoms with Crippen LogP contribution in [-0.4, -0.2) is 10.7 Å². The summed E-state index contributed by atoms with van der Waals surface area (Å²) in [6.07, 6.45) is 5.34. The standard InChI is InChI=1S/C11H11NO2S/c13-12(14)10-6-4-9(5-7-10)11-3-1-2-8-15-11/h1-2,4-7,11H,3,8H2. The van der Waals surface area contributed by atoms with Crippen LogP contribution in [0.5, 0.6) is 0 Å². The van der Waals surface area contributed by atoms with E-state index in [-0.39, 0.29) is 10.6 Å². The van der Waals surface area contributed by atoms with Gasteiger partial charge in [0, 0.05) is 23.1 Å². The van der Waals surface area contributed by atoms with Crippen LogP contribution in [0.2, 0.25) is 0 Å². The molecule has 0 N–H and O–H groups in total. The lowest BCUT2D eigenvalue weighted by atomic mass is 10.1. The second kappa shape index (κ2) is 4.49. The maximum atomic E-state index is 10.5. The first-order valence-corrected chi connectivity index (χ1v) is 5.83. The zero-order valence-corrected chi connectivity index (χ0v) is 8.94. The number of rotatable bonds is 2. The Bertz CT molecular complexity index is 386. The summed E-state index contributed by atoms with van der Waals surface area (Å²) in [5.74, 6) is 1.03. The van der Waals surface area contributed by atoms with E-state index in [2.05, 4.69) is 12.2 Å². The minimum atomic E-state index is -0.363. The van der Waals surface area contributed by atoms with Crippen LogP contribution >= 0.6 is 11.8 Å². The molecule has 0 fully saturated rings. The van der Waals surface area contributed by atoms with Crippen LogP contribution in [0, 0.1) is 10.1 Å². The van der Waals surface area contributed by atoms with Gasteiger partial charge < -0.3 is 0 Å². The first-order chi connectivity index (χ1) is 7.27. The average molecular weight is 221 g/mol. The Balaban J connectivity index is 2.16. The highest BCUT2D eigenvalue weighted by Gasteiger charge is 2.14. The number of nitrogens with zero attached hydrogens (tertiary/aromatic N) is 1. The second-order valence-electron chi connectivity index (χ2n) is 3.38. The number of non-ortho nitro benzene ring substituents is 1. The van der Waals surface area contributed by atoms with Gasteiger partial charge in [-0.25, -0.2) is 0 Å². The van der Waals surface area contributed by atoms with E-state index in [1.54, 1.807) is 12.1 Å². The normalized spacial score (nSPS) is 20.1. The molecular weight excluding hydrogens is 210 g/mol. The van der Waals surface area contributed by atoms with Crippen molar-refractivity contribution < 1.29 is 4.92 Å². The summed E-state index contributed by atoms with van der Waals surface area (Å²) in [5.41, 5.74) is 1.34. The van der Waals surface area contributed by atoms with Gasteiger partial charge in [-0.05, 0) is 12.0 Å². The van der Waals surface area contributed by atoms with Crippen molar-refractivity contribution in [2.24, 2.45) is 0 Å². The molecule has 1 atom stereocenters. The van der Waals surface area contributed by atoms with E-state index in [0.717, 1.165) is 12.2 Å². The molecule has 0 spiro atoms. The van der Waals surface area contributed by atoms with Crippen molar-refractivity contribution in [1.82, 2.24) is 0 Å². The molecule has 4 heteroatoms. The van der Waals surface area contributed by atoms with E-state index in [0.29, 0.717) is 5.25 Å². The van der Waals surface area contributed by atoms with Gasteiger partial charge in [0.15, 0.2) is 0 Å². The summed E-state index contributed by atoms with van der Waals surface area (Å²) >= 11 is 1.87. The van der Waals surface area contributed by atoms with Gasteiger partial charge in [0.05, 0.1) is 4.92 Å². The minimum absolute atomic E-state index is 0.162. The van der Waals surface area contributed by atoms with Crippen molar-refractivity contribution in [3.8, 4) is 0 Å². The van der Waals surface area contributed by atoms with Crippen LogP contribution in [0.25, 0.3) is 0 Å². The summed E-state index contributed by atoms with van der Waals surface area (Å²) in [6, 6.07) is 6.87. The Morgan fingerprint density at radius 1 is 1.27 bits per heavy atom. The van der Waals surface area contributed by atoms with Gasteiger partial charge in [-0.2, -0.15) is 0 Å². The predicted molar refractivity (Wildman–Crippen MR) is 62.1 cm³/mol. The van der Waals surface area contributed by atoms with Gasteiger partial charge in [-0.15, -0.1) is 11.8 Å². The van der Waals surface area contributed by atoms with Crippen molar-refractivity contribution in [3.63, 3.8) is 0 Å². The summed E-state index contributed by atoms with van der Waals surface area (Å²) in [5, 5.41) is 10.9. The highest BCUT2D eigenvalue weighted by atomic mass is 32.2. The number of nitro groups is 1. The minimum Gasteiger partial charge on any atom is -0.258 e. The van der Waals surface area contributed by atoms with Crippen LogP contribution in [0.3, 0.4) is 0 Å². The first-order valence-electron chi connectivity index (χ1n) is 4.78. The first kappa shape index (κ1) is 10.2. The van der Waals surface area contributed by atoms with E-state index < -0.39 is 0 Å². The summed E-state index contributed by atoms with van der Waals surface area (Å²) in [7, 11) is 0. The van der Waals surface area contributed by atoms with Crippen LogP contribution < -0.4 is 0 Å². The fourth-order valence-electron chi connectivity index (χ4n) is 1.57. The Morgan fingerprint density at radius 3 is 2.53 bits per heavy atom. The van der Waals surface area contributed by atoms with E-state index in [4.69, 9.17) is 0 Å². The fourth-order valence-corrected chi connectivity index (χ4v) is 2.65. The third-order valence-electron chi connectivity index (χ3n) is 2.39. The number of hydrogen-bond acceptors (Lipinski definition) is 3. The Morgan fingerprint density at radius 2 is 2.00 bits per heavy atom. The van der Waals surface area contributed by atoms with E-state index in [9.17, 15) is 10.1 Å². The van der Waals surface area contributed by atoms with E-state index in [1.807, 2.05) is 23.9 Å². The number of hydrogen-bond donors (Lipinski definition) is 0. The lowest BCUT2D eigenvalue weighted by Gasteiger charge is -2.17. The van der Waals surface area contributed by atoms with Crippen LogP contribution in [0.4, 0.5) is 5.69 Å². The third-order valence-corrected chi connectivity index (χ3v) is 3.64. The van der Waals surface area contributed by atoms with Crippen LogP contribution in [0.1, 0.15) is 17.2 Å². The van der Waals surface area contributed by atoms with Gasteiger partial charge in [0.1, 0.15) is 0 Å². The second-order valence-corrected chi connectivity index (χ2v) is 4.61. The predicted octanol–water partition coefficient (Wildman–Crippen LogP) is 3.33. The van der Waals surface area contributed by atoms with E-state index >= 15 is 0 Å². The van der Waals surface area contributed by atoms with Crippen LogP contribution in [-0.2, 0) is 0 Å². The van der Waals surface area contributed by atoms with Crippen LogP contribution in [0.15, 0.2) is 36.4 Å². The third kappa shape index (κ3) is 2.39. The monoisotopic (exact) mass is 221 g/mol. The summed E-state index contributed by atoms with van der Waals surface area (Å²) < 4.78 is 0. The number of nitro benzene ring substituents is 1. The fraction of sp³-hybridized carbons (Fsp3) is 0.273. The molecule has 2 rings (SSSR count). The summed E-state index contributed by atoms with van der Waals surface area (Å²) in [6.45, 7) is 0. The molecule has 1 aliphatic rings. The smallest absolute Gasteiger partial charge is 0.258 e. The summed E-state index contributed by atoms with van der Waals surface area (Å²) in [4.78, 5) is 10.1. The van der Waals surface area contributed by atoms with E-state index in [1.165, 1.54) is 5.56 Å². The largest absolute Gasteiger partial charge is 0.269 e. The average Bonchev–Trinajstić information content (AvgIpc) is 2.30. The molecule has 0 saturated heterocycles. The molecule has 78 valence electrons. The van der Waals surface area contributed by atoms with Crippen molar-refractivity contribution >= 4 is 17.4 Å². The van der Waals surface area contributed by atoms with Gasteiger partial charge in [0.2, 0.25) is 0 Å². The molecule has 0 bridgehead atoms. The van der Waals surface area contributed by atoms with Crippen molar-refractivity contribution in [3.05, 3.63) is 52.1 Å². The quantitative estimate of drug-likeness (QED) is 0.437. The van der Waals surface area contributed by atoms with Crippen molar-refractivity contribution in [2.45, 2.75) is 11.7 Å². The zero-order chi connectivity index (χ0) is 10.7.